The van der Waals surface area contributed by atoms with Crippen molar-refractivity contribution in [2.24, 2.45) is 0 Å². The molecule has 0 aliphatic rings. The van der Waals surface area contributed by atoms with Crippen LogP contribution in [0, 0.1) is 0 Å². The van der Waals surface area contributed by atoms with Crippen LogP contribution in [0.1, 0.15) is 27.4 Å². The zero-order valence-electron chi connectivity index (χ0n) is 15.4. The Morgan fingerprint density at radius 3 is 1.96 bits per heavy atom. The maximum atomic E-state index is 12.7. The number of nitrogens with zero attached hydrogens (tertiary/aromatic N) is 2. The molecule has 1 aromatic heterocycles. The Hall–Kier alpha value is -3.66. The molecular formula is C24H21N3O. The molecule has 1 heterocycles. The second-order valence-electron chi connectivity index (χ2n) is 6.58. The van der Waals surface area contributed by atoms with Gasteiger partial charge in [0.1, 0.15) is 0 Å². The van der Waals surface area contributed by atoms with Crippen LogP contribution in [0.15, 0.2) is 103 Å². The first-order valence-corrected chi connectivity index (χ1v) is 9.29. The average molecular weight is 367 g/mol. The van der Waals surface area contributed by atoms with Crippen molar-refractivity contribution in [1.82, 2.24) is 15.1 Å². The summed E-state index contributed by atoms with van der Waals surface area (Å²) in [4.78, 5) is 12.7. The van der Waals surface area contributed by atoms with Crippen LogP contribution in [-0.4, -0.2) is 22.2 Å². The lowest BCUT2D eigenvalue weighted by Crippen LogP contribution is -2.28. The number of benzene rings is 3. The van der Waals surface area contributed by atoms with Gasteiger partial charge >= 0.3 is 0 Å². The molecule has 138 valence electrons. The number of carbonyl (C=O) groups excluding carboxylic acids is 1. The van der Waals surface area contributed by atoms with Crippen molar-refractivity contribution in [2.45, 2.75) is 5.92 Å². The zero-order chi connectivity index (χ0) is 19.2. The van der Waals surface area contributed by atoms with Gasteiger partial charge < -0.3 is 5.32 Å². The summed E-state index contributed by atoms with van der Waals surface area (Å²) >= 11 is 0. The van der Waals surface area contributed by atoms with Crippen LogP contribution in [0.3, 0.4) is 0 Å². The second kappa shape index (κ2) is 8.35. The number of aromatic nitrogens is 2. The van der Waals surface area contributed by atoms with Gasteiger partial charge in [-0.2, -0.15) is 5.10 Å². The van der Waals surface area contributed by atoms with E-state index in [0.717, 1.165) is 5.69 Å². The van der Waals surface area contributed by atoms with E-state index in [-0.39, 0.29) is 11.8 Å². The Labute approximate surface area is 164 Å². The van der Waals surface area contributed by atoms with Crippen LogP contribution in [0.5, 0.6) is 0 Å². The number of carbonyl (C=O) groups is 1. The molecule has 0 fully saturated rings. The van der Waals surface area contributed by atoms with Crippen LogP contribution in [0.2, 0.25) is 0 Å². The Morgan fingerprint density at radius 1 is 0.821 bits per heavy atom. The molecule has 0 saturated carbocycles. The van der Waals surface area contributed by atoms with E-state index in [2.05, 4.69) is 34.7 Å². The standard InChI is InChI=1S/C24H21N3O/c28-24(21-12-14-22(15-13-21)27-17-7-16-26-27)25-18-23(19-8-3-1-4-9-19)20-10-5-2-6-11-20/h1-17,23H,18H2,(H,25,28). The molecule has 0 saturated heterocycles. The number of rotatable bonds is 6. The van der Waals surface area contributed by atoms with Crippen LogP contribution in [0.4, 0.5) is 0 Å². The highest BCUT2D eigenvalue weighted by Gasteiger charge is 2.15. The van der Waals surface area contributed by atoms with Crippen LogP contribution in [-0.2, 0) is 0 Å². The van der Waals surface area contributed by atoms with Gasteiger partial charge in [-0.15, -0.1) is 0 Å². The highest BCUT2D eigenvalue weighted by Crippen LogP contribution is 2.23. The van der Waals surface area contributed by atoms with E-state index in [0.29, 0.717) is 12.1 Å². The highest BCUT2D eigenvalue weighted by molar-refractivity contribution is 5.94. The summed E-state index contributed by atoms with van der Waals surface area (Å²) in [5.41, 5.74) is 3.93. The monoisotopic (exact) mass is 367 g/mol. The average Bonchev–Trinajstić information content (AvgIpc) is 3.30. The van der Waals surface area contributed by atoms with E-state index < -0.39 is 0 Å². The number of amides is 1. The van der Waals surface area contributed by atoms with E-state index >= 15 is 0 Å². The maximum Gasteiger partial charge on any atom is 0.251 e. The first-order chi connectivity index (χ1) is 13.8. The van der Waals surface area contributed by atoms with Gasteiger partial charge in [-0.25, -0.2) is 4.68 Å². The Kier molecular flexibility index (Phi) is 5.29. The van der Waals surface area contributed by atoms with Gasteiger partial charge in [0, 0.05) is 30.4 Å². The minimum absolute atomic E-state index is 0.0797. The fourth-order valence-corrected chi connectivity index (χ4v) is 3.28. The minimum atomic E-state index is -0.0797. The molecule has 0 radical (unpaired) electrons. The second-order valence-corrected chi connectivity index (χ2v) is 6.58. The van der Waals surface area contributed by atoms with Crippen LogP contribution < -0.4 is 5.32 Å². The molecule has 4 nitrogen and oxygen atoms in total. The summed E-state index contributed by atoms with van der Waals surface area (Å²) in [7, 11) is 0. The molecule has 1 N–H and O–H groups in total. The third-order valence-corrected chi connectivity index (χ3v) is 4.77. The molecule has 4 rings (SSSR count). The van der Waals surface area contributed by atoms with Crippen molar-refractivity contribution >= 4 is 5.91 Å². The first-order valence-electron chi connectivity index (χ1n) is 9.29. The van der Waals surface area contributed by atoms with Crippen molar-refractivity contribution in [2.75, 3.05) is 6.54 Å². The van der Waals surface area contributed by atoms with Crippen molar-refractivity contribution in [1.29, 1.82) is 0 Å². The van der Waals surface area contributed by atoms with E-state index in [9.17, 15) is 4.79 Å². The van der Waals surface area contributed by atoms with Crippen molar-refractivity contribution < 1.29 is 4.79 Å². The first kappa shape index (κ1) is 17.7. The summed E-state index contributed by atoms with van der Waals surface area (Å²) in [5.74, 6) is 0.0265. The van der Waals surface area contributed by atoms with Gasteiger partial charge in [-0.05, 0) is 41.5 Å². The Balaban J connectivity index is 1.48. The molecular weight excluding hydrogens is 346 g/mol. The highest BCUT2D eigenvalue weighted by atomic mass is 16.1. The number of hydrogen-bond acceptors (Lipinski definition) is 2. The molecule has 1 amide bonds. The molecule has 0 aliphatic carbocycles. The zero-order valence-corrected chi connectivity index (χ0v) is 15.4. The van der Waals surface area contributed by atoms with Gasteiger partial charge in [0.2, 0.25) is 0 Å². The summed E-state index contributed by atoms with van der Waals surface area (Å²) in [5, 5.41) is 7.29. The SMILES string of the molecule is O=C(NCC(c1ccccc1)c1ccccc1)c1ccc(-n2cccn2)cc1. The minimum Gasteiger partial charge on any atom is -0.351 e. The largest absolute Gasteiger partial charge is 0.351 e. The van der Waals surface area contributed by atoms with E-state index in [1.807, 2.05) is 72.9 Å². The summed E-state index contributed by atoms with van der Waals surface area (Å²) in [6.45, 7) is 0.535. The smallest absolute Gasteiger partial charge is 0.251 e. The predicted octanol–water partition coefficient (Wildman–Crippen LogP) is 4.43. The lowest BCUT2D eigenvalue weighted by Gasteiger charge is -2.19. The van der Waals surface area contributed by atoms with Gasteiger partial charge in [0.25, 0.3) is 5.91 Å². The molecule has 0 aliphatic heterocycles. The molecule has 4 aromatic rings. The normalized spacial score (nSPS) is 10.8. The van der Waals surface area contributed by atoms with Crippen molar-refractivity contribution in [3.05, 3.63) is 120 Å². The molecule has 0 bridgehead atoms. The summed E-state index contributed by atoms with van der Waals surface area (Å²) in [6, 6.07) is 29.8. The van der Waals surface area contributed by atoms with Gasteiger partial charge in [-0.3, -0.25) is 4.79 Å². The Bertz CT molecular complexity index is 971. The van der Waals surface area contributed by atoms with E-state index in [1.54, 1.807) is 10.9 Å². The maximum absolute atomic E-state index is 12.7. The van der Waals surface area contributed by atoms with E-state index in [4.69, 9.17) is 0 Å². The van der Waals surface area contributed by atoms with Crippen LogP contribution in [0.25, 0.3) is 5.69 Å². The van der Waals surface area contributed by atoms with E-state index in [1.165, 1.54) is 11.1 Å². The third kappa shape index (κ3) is 4.01. The molecule has 0 atom stereocenters. The number of nitrogens with one attached hydrogen (secondary N) is 1. The quantitative estimate of drug-likeness (QED) is 0.548. The van der Waals surface area contributed by atoms with Crippen molar-refractivity contribution in [3.8, 4) is 5.69 Å². The molecule has 28 heavy (non-hydrogen) atoms. The summed E-state index contributed by atoms with van der Waals surface area (Å²) in [6.07, 6.45) is 3.60. The molecule has 4 heteroatoms. The fourth-order valence-electron chi connectivity index (χ4n) is 3.28. The lowest BCUT2D eigenvalue weighted by molar-refractivity contribution is 0.0952. The Morgan fingerprint density at radius 2 is 1.43 bits per heavy atom. The van der Waals surface area contributed by atoms with Crippen molar-refractivity contribution in [3.63, 3.8) is 0 Å². The fraction of sp³-hybridized carbons (Fsp3) is 0.0833. The molecule has 3 aromatic carbocycles. The summed E-state index contributed by atoms with van der Waals surface area (Å²) < 4.78 is 1.77. The predicted molar refractivity (Wildman–Crippen MR) is 111 cm³/mol. The number of hydrogen-bond donors (Lipinski definition) is 1. The van der Waals surface area contributed by atoms with Gasteiger partial charge in [-0.1, -0.05) is 60.7 Å². The third-order valence-electron chi connectivity index (χ3n) is 4.77. The van der Waals surface area contributed by atoms with Gasteiger partial charge in [0.05, 0.1) is 5.69 Å². The topological polar surface area (TPSA) is 46.9 Å². The molecule has 0 unspecified atom stereocenters. The lowest BCUT2D eigenvalue weighted by atomic mass is 9.91. The van der Waals surface area contributed by atoms with Gasteiger partial charge in [0.15, 0.2) is 0 Å². The molecule has 0 spiro atoms. The van der Waals surface area contributed by atoms with Crippen LogP contribution >= 0.6 is 0 Å².